The molecule has 5 aromatic carbocycles. The van der Waals surface area contributed by atoms with E-state index < -0.39 is 35.0 Å². The van der Waals surface area contributed by atoms with Gasteiger partial charge in [-0.15, -0.1) is 0 Å². The average molecular weight is 755 g/mol. The molecule has 1 aliphatic rings. The Morgan fingerprint density at radius 1 is 0.614 bits per heavy atom. The van der Waals surface area contributed by atoms with E-state index in [0.29, 0.717) is 28.4 Å². The van der Waals surface area contributed by atoms with Crippen LogP contribution in [-0.4, -0.2) is 32.1 Å². The van der Waals surface area contributed by atoms with E-state index in [9.17, 15) is 29.1 Å². The number of nitrogens with zero attached hydrogens (tertiary/aromatic N) is 4. The highest BCUT2D eigenvalue weighted by atomic mass is 16.3. The van der Waals surface area contributed by atoms with Crippen LogP contribution in [0.15, 0.2) is 179 Å². The summed E-state index contributed by atoms with van der Waals surface area (Å²) < 4.78 is 2.05. The fourth-order valence-electron chi connectivity index (χ4n) is 6.57. The van der Waals surface area contributed by atoms with E-state index in [0.717, 1.165) is 30.9 Å². The molecule has 57 heavy (non-hydrogen) atoms. The molecule has 0 saturated carbocycles. The molecule has 4 amide bonds. The van der Waals surface area contributed by atoms with E-state index in [1.54, 1.807) is 133 Å². The molecule has 282 valence electrons. The Kier molecular flexibility index (Phi) is 10.9. The topological polar surface area (TPSA) is 122 Å². The summed E-state index contributed by atoms with van der Waals surface area (Å²) in [6, 6.07) is 40.6. The molecule has 1 atom stereocenters. The number of imide groups is 2. The van der Waals surface area contributed by atoms with E-state index >= 15 is 0 Å². The molecule has 1 N–H and O–H groups in total. The minimum atomic E-state index is -0.817. The number of urea groups is 1. The maximum absolute atomic E-state index is 14.1. The number of para-hydroxylation sites is 4. The highest BCUT2D eigenvalue weighted by Gasteiger charge is 2.43. The second-order valence-corrected chi connectivity index (χ2v) is 13.4. The monoisotopic (exact) mass is 754 g/mol. The Balaban J connectivity index is 1.41. The minimum absolute atomic E-state index is 0.182. The van der Waals surface area contributed by atoms with Crippen LogP contribution in [0.25, 0.3) is 23.0 Å². The molecule has 10 heteroatoms. The number of carbonyl (C=O) groups is 3. The first-order valence-corrected chi connectivity index (χ1v) is 18.4. The highest BCUT2D eigenvalue weighted by molar-refractivity contribution is 6.45. The molecule has 0 spiro atoms. The van der Waals surface area contributed by atoms with Crippen LogP contribution in [0.5, 0.6) is 5.88 Å². The zero-order chi connectivity index (χ0) is 40.1. The number of allylic oxidation sites excluding steroid dienone is 4. The van der Waals surface area contributed by atoms with Crippen molar-refractivity contribution < 1.29 is 19.5 Å². The van der Waals surface area contributed by atoms with Crippen LogP contribution in [-0.2, 0) is 9.59 Å². The van der Waals surface area contributed by atoms with E-state index in [1.807, 2.05) is 24.3 Å². The van der Waals surface area contributed by atoms with Crippen molar-refractivity contribution in [3.63, 3.8) is 0 Å². The molecule has 0 bridgehead atoms. The van der Waals surface area contributed by atoms with Gasteiger partial charge in [0.05, 0.1) is 22.7 Å². The van der Waals surface area contributed by atoms with Gasteiger partial charge in [0, 0.05) is 0 Å². The van der Waals surface area contributed by atoms with Crippen molar-refractivity contribution in [3.8, 4) is 17.3 Å². The zero-order valence-corrected chi connectivity index (χ0v) is 31.2. The molecular formula is C47H38N4O6. The lowest BCUT2D eigenvalue weighted by atomic mass is 9.95. The number of amides is 4. The largest absolute Gasteiger partial charge is 0.494 e. The van der Waals surface area contributed by atoms with Crippen LogP contribution in [0.4, 0.5) is 16.2 Å². The molecule has 2 heterocycles. The van der Waals surface area contributed by atoms with Crippen molar-refractivity contribution in [1.82, 2.24) is 9.13 Å². The highest BCUT2D eigenvalue weighted by Crippen LogP contribution is 2.30. The predicted molar refractivity (Wildman–Crippen MR) is 223 cm³/mol. The molecule has 6 aromatic rings. The third kappa shape index (κ3) is 7.44. The molecule has 1 aromatic heterocycles. The standard InChI is InChI=1S/C47H38N4O6/c1-3-32(2)33-24-26-34(27-25-33)35(28-30-40-42(52)48(36-16-8-4-9-17-36)46(56)49(43(40)53)37-18-10-5-11-19-37)29-31-41-44(54)50(38-20-12-6-13-21-38)47(57)51(45(41)55)39-22-14-7-15-23-39/h4-32,52H,3H2,1-2H3. The van der Waals surface area contributed by atoms with Gasteiger partial charge >= 0.3 is 11.7 Å². The number of barbiturate groups is 1. The van der Waals surface area contributed by atoms with Crippen molar-refractivity contribution in [2.24, 2.45) is 0 Å². The molecule has 1 fully saturated rings. The van der Waals surface area contributed by atoms with Crippen molar-refractivity contribution in [2.45, 2.75) is 26.2 Å². The zero-order valence-electron chi connectivity index (χ0n) is 31.2. The first-order valence-electron chi connectivity index (χ1n) is 18.4. The number of benzene rings is 5. The molecule has 0 radical (unpaired) electrons. The van der Waals surface area contributed by atoms with Gasteiger partial charge in [-0.1, -0.05) is 123 Å². The molecule has 1 saturated heterocycles. The molecule has 10 nitrogen and oxygen atoms in total. The summed E-state index contributed by atoms with van der Waals surface area (Å²) in [6.07, 6.45) is 6.83. The van der Waals surface area contributed by atoms with Gasteiger partial charge in [-0.2, -0.15) is 0 Å². The summed E-state index contributed by atoms with van der Waals surface area (Å²) >= 11 is 0. The van der Waals surface area contributed by atoms with Gasteiger partial charge in [-0.25, -0.2) is 28.5 Å². The number of aromatic nitrogens is 2. The smallest absolute Gasteiger partial charge is 0.343 e. The summed E-state index contributed by atoms with van der Waals surface area (Å²) in [5.41, 5.74) is 1.47. The maximum atomic E-state index is 14.1. The first-order chi connectivity index (χ1) is 27.7. The lowest BCUT2D eigenvalue weighted by Crippen LogP contribution is -2.57. The van der Waals surface area contributed by atoms with Gasteiger partial charge in [-0.05, 0) is 89.7 Å². The normalized spacial score (nSPS) is 14.0. The van der Waals surface area contributed by atoms with Gasteiger partial charge in [-0.3, -0.25) is 14.4 Å². The number of carbonyl (C=O) groups excluding carboxylic acids is 3. The van der Waals surface area contributed by atoms with E-state index in [1.165, 1.54) is 12.2 Å². The van der Waals surface area contributed by atoms with Crippen molar-refractivity contribution in [3.05, 3.63) is 207 Å². The summed E-state index contributed by atoms with van der Waals surface area (Å²) in [6.45, 7) is 4.22. The van der Waals surface area contributed by atoms with E-state index in [-0.39, 0.29) is 22.5 Å². The fourth-order valence-corrected chi connectivity index (χ4v) is 6.57. The van der Waals surface area contributed by atoms with Gasteiger partial charge in [0.1, 0.15) is 11.1 Å². The van der Waals surface area contributed by atoms with Crippen LogP contribution in [0.3, 0.4) is 0 Å². The second-order valence-electron chi connectivity index (χ2n) is 13.4. The molecule has 1 unspecified atom stereocenters. The Morgan fingerprint density at radius 2 is 1.07 bits per heavy atom. The number of rotatable bonds is 10. The number of hydrogen-bond donors (Lipinski definition) is 1. The summed E-state index contributed by atoms with van der Waals surface area (Å²) in [5.74, 6) is -1.90. The molecular weight excluding hydrogens is 717 g/mol. The van der Waals surface area contributed by atoms with Crippen LogP contribution < -0.4 is 21.0 Å². The third-order valence-electron chi connectivity index (χ3n) is 9.86. The van der Waals surface area contributed by atoms with Gasteiger partial charge in [0.25, 0.3) is 17.4 Å². The summed E-state index contributed by atoms with van der Waals surface area (Å²) in [4.78, 5) is 72.0. The minimum Gasteiger partial charge on any atom is -0.494 e. The van der Waals surface area contributed by atoms with E-state index in [4.69, 9.17) is 0 Å². The summed E-state index contributed by atoms with van der Waals surface area (Å²) in [7, 11) is 0. The first kappa shape index (κ1) is 37.7. The third-order valence-corrected chi connectivity index (χ3v) is 9.86. The fraction of sp³-hybridized carbons (Fsp3) is 0.0851. The van der Waals surface area contributed by atoms with Crippen LogP contribution >= 0.6 is 0 Å². The number of anilines is 2. The predicted octanol–water partition coefficient (Wildman–Crippen LogP) is 8.43. The van der Waals surface area contributed by atoms with Gasteiger partial charge in [0.2, 0.25) is 5.88 Å². The van der Waals surface area contributed by atoms with Crippen LogP contribution in [0, 0.1) is 0 Å². The quantitative estimate of drug-likeness (QED) is 0.0852. The van der Waals surface area contributed by atoms with Crippen molar-refractivity contribution >= 4 is 40.9 Å². The molecule has 7 rings (SSSR count). The maximum Gasteiger partial charge on any atom is 0.343 e. The SMILES string of the molecule is CCC(C)c1ccc(C(C=Cc2c(O)n(-c3ccccc3)c(=O)n(-c3ccccc3)c2=O)=CC=C2C(=O)N(c3ccccc3)C(=O)N(c3ccccc3)C2=O)cc1. The van der Waals surface area contributed by atoms with Gasteiger partial charge in [0.15, 0.2) is 0 Å². The second kappa shape index (κ2) is 16.4. The van der Waals surface area contributed by atoms with Crippen molar-refractivity contribution in [1.29, 1.82) is 0 Å². The van der Waals surface area contributed by atoms with Crippen LogP contribution in [0.1, 0.15) is 42.9 Å². The van der Waals surface area contributed by atoms with E-state index in [2.05, 4.69) is 13.8 Å². The molecule has 0 aliphatic carbocycles. The lowest BCUT2D eigenvalue weighted by Gasteiger charge is -2.33. The Hall–Kier alpha value is -7.59. The Bertz CT molecular complexity index is 2600. The Morgan fingerprint density at radius 3 is 1.54 bits per heavy atom. The lowest BCUT2D eigenvalue weighted by molar-refractivity contribution is -0.121. The van der Waals surface area contributed by atoms with Crippen LogP contribution in [0.2, 0.25) is 0 Å². The number of hydrogen-bond acceptors (Lipinski definition) is 6. The molecule has 1 aliphatic heterocycles. The average Bonchev–Trinajstić information content (AvgIpc) is 3.24. The van der Waals surface area contributed by atoms with Gasteiger partial charge < -0.3 is 5.11 Å². The number of aromatic hydroxyl groups is 1. The Labute approximate surface area is 328 Å². The summed E-state index contributed by atoms with van der Waals surface area (Å²) in [5, 5.41) is 11.6. The van der Waals surface area contributed by atoms with Crippen molar-refractivity contribution in [2.75, 3.05) is 9.80 Å².